The highest BCUT2D eigenvalue weighted by molar-refractivity contribution is 5.81. The maximum atomic E-state index is 13.5. The van der Waals surface area contributed by atoms with Gasteiger partial charge in [0.05, 0.1) is 25.0 Å². The number of benzene rings is 2. The molecule has 1 aromatic heterocycles. The van der Waals surface area contributed by atoms with Gasteiger partial charge in [-0.1, -0.05) is 26.0 Å². The molecule has 0 bridgehead atoms. The van der Waals surface area contributed by atoms with Crippen LogP contribution in [-0.4, -0.2) is 42.9 Å². The Morgan fingerprint density at radius 3 is 2.61 bits per heavy atom. The van der Waals surface area contributed by atoms with Gasteiger partial charge in [0, 0.05) is 43.7 Å². The van der Waals surface area contributed by atoms with E-state index in [1.807, 2.05) is 24.3 Å². The summed E-state index contributed by atoms with van der Waals surface area (Å²) in [7, 11) is 1.59. The summed E-state index contributed by atoms with van der Waals surface area (Å²) in [6.07, 6.45) is 1.62. The third kappa shape index (κ3) is 9.13. The molecule has 2 aromatic carbocycles. The predicted molar refractivity (Wildman–Crippen MR) is 152 cm³/mol. The van der Waals surface area contributed by atoms with Crippen LogP contribution in [0.25, 0.3) is 0 Å². The fraction of sp³-hybridized carbons (Fsp3) is 0.321. The van der Waals surface area contributed by atoms with Gasteiger partial charge in [-0.25, -0.2) is 4.39 Å². The molecule has 6 N–H and O–H groups in total. The zero-order valence-corrected chi connectivity index (χ0v) is 22.3. The van der Waals surface area contributed by atoms with E-state index in [2.05, 4.69) is 58.5 Å². The molecular weight excluding hydrogens is 485 g/mol. The first-order chi connectivity index (χ1) is 18.4. The van der Waals surface area contributed by atoms with E-state index in [1.165, 1.54) is 12.1 Å². The maximum absolute atomic E-state index is 13.5. The second-order valence-corrected chi connectivity index (χ2v) is 8.56. The molecule has 0 aliphatic carbocycles. The van der Waals surface area contributed by atoms with Gasteiger partial charge in [-0.2, -0.15) is 5.10 Å². The Morgan fingerprint density at radius 2 is 1.92 bits per heavy atom. The zero-order valence-electron chi connectivity index (χ0n) is 22.3. The Balaban J connectivity index is 0.00000247. The second-order valence-electron chi connectivity index (χ2n) is 8.56. The number of anilines is 4. The Hall–Kier alpha value is -4.02. The molecule has 1 amide bonds. The lowest BCUT2D eigenvalue weighted by molar-refractivity contribution is -0.119. The number of nitrogens with two attached hydrogens (primary N) is 1. The summed E-state index contributed by atoms with van der Waals surface area (Å²) in [4.78, 5) is 12.1. The van der Waals surface area contributed by atoms with Crippen molar-refractivity contribution >= 4 is 28.8 Å². The van der Waals surface area contributed by atoms with E-state index in [4.69, 9.17) is 10.5 Å². The molecule has 0 fully saturated rings. The van der Waals surface area contributed by atoms with Crippen LogP contribution in [0.2, 0.25) is 0 Å². The monoisotopic (exact) mass is 523 g/mol. The largest absolute Gasteiger partial charge is 0.383 e. The summed E-state index contributed by atoms with van der Waals surface area (Å²) >= 11 is 0. The number of hydrogen-bond donors (Lipinski definition) is 5. The molecule has 0 saturated carbocycles. The van der Waals surface area contributed by atoms with E-state index in [0.717, 1.165) is 33.8 Å². The van der Waals surface area contributed by atoms with Gasteiger partial charge in [-0.15, -0.1) is 18.3 Å². The average molecular weight is 524 g/mol. The van der Waals surface area contributed by atoms with E-state index in [-0.39, 0.29) is 24.2 Å². The molecule has 38 heavy (non-hydrogen) atoms. The standard InChI is InChI=1S/C26H34FN7O2.C2H4/c1-17(2)25-23(31-16-24(35)29-9-10-36-3)15-32-34-26(25)33-21-7-8-22(19(12-21)13-28)30-14-18-5-4-6-20(27)11-18;1-2/h4-8,11-12,15,17,30H,9-10,13-14,16,28H2,1-3H3,(H,29,35)(H2,31,33,34);1-2H2. The topological polar surface area (TPSA) is 126 Å². The van der Waals surface area contributed by atoms with Crippen LogP contribution >= 0.6 is 0 Å². The van der Waals surface area contributed by atoms with E-state index in [9.17, 15) is 9.18 Å². The second kappa shape index (κ2) is 16.0. The number of methoxy groups -OCH3 is 1. The fourth-order valence-electron chi connectivity index (χ4n) is 3.74. The molecule has 204 valence electrons. The normalized spacial score (nSPS) is 10.4. The minimum Gasteiger partial charge on any atom is -0.383 e. The van der Waals surface area contributed by atoms with Crippen molar-refractivity contribution in [2.45, 2.75) is 32.9 Å². The van der Waals surface area contributed by atoms with Gasteiger partial charge in [0.2, 0.25) is 5.91 Å². The molecule has 9 nitrogen and oxygen atoms in total. The van der Waals surface area contributed by atoms with Gasteiger partial charge >= 0.3 is 0 Å². The van der Waals surface area contributed by atoms with Gasteiger partial charge in [-0.05, 0) is 47.4 Å². The number of rotatable bonds is 13. The van der Waals surface area contributed by atoms with Crippen molar-refractivity contribution in [3.63, 3.8) is 0 Å². The lowest BCUT2D eigenvalue weighted by atomic mass is 10.0. The van der Waals surface area contributed by atoms with Crippen molar-refractivity contribution in [2.24, 2.45) is 5.73 Å². The summed E-state index contributed by atoms with van der Waals surface area (Å²) in [6.45, 7) is 11.9. The smallest absolute Gasteiger partial charge is 0.239 e. The summed E-state index contributed by atoms with van der Waals surface area (Å²) in [5, 5.41) is 21.0. The molecule has 0 atom stereocenters. The fourth-order valence-corrected chi connectivity index (χ4v) is 3.74. The number of carbonyl (C=O) groups excluding carboxylic acids is 1. The number of nitrogens with one attached hydrogen (secondary N) is 4. The van der Waals surface area contributed by atoms with Crippen molar-refractivity contribution in [3.8, 4) is 0 Å². The van der Waals surface area contributed by atoms with E-state index < -0.39 is 0 Å². The van der Waals surface area contributed by atoms with Crippen molar-refractivity contribution in [2.75, 3.05) is 42.8 Å². The Labute approximate surface area is 224 Å². The first-order valence-corrected chi connectivity index (χ1v) is 12.3. The zero-order chi connectivity index (χ0) is 27.9. The quantitative estimate of drug-likeness (QED) is 0.163. The lowest BCUT2D eigenvalue weighted by Gasteiger charge is -2.19. The molecule has 3 aromatic rings. The number of ether oxygens (including phenoxy) is 1. The molecule has 0 spiro atoms. The Bertz CT molecular complexity index is 1170. The minimum atomic E-state index is -0.265. The SMILES string of the molecule is C=C.COCCNC(=O)CNc1cnnc(Nc2ccc(NCc3cccc(F)c3)c(CN)c2)c1C(C)C. The Kier molecular flexibility index (Phi) is 12.7. The number of hydrogen-bond acceptors (Lipinski definition) is 8. The maximum Gasteiger partial charge on any atom is 0.239 e. The Morgan fingerprint density at radius 1 is 1.13 bits per heavy atom. The van der Waals surface area contributed by atoms with Crippen molar-refractivity contribution in [1.29, 1.82) is 0 Å². The van der Waals surface area contributed by atoms with E-state index in [0.29, 0.717) is 32.1 Å². The van der Waals surface area contributed by atoms with Gasteiger partial charge in [-0.3, -0.25) is 4.79 Å². The van der Waals surface area contributed by atoms with E-state index in [1.54, 1.807) is 19.4 Å². The average Bonchev–Trinajstić information content (AvgIpc) is 2.92. The molecular formula is C28H38FN7O2. The van der Waals surface area contributed by atoms with Crippen molar-refractivity contribution in [3.05, 3.63) is 84.3 Å². The first-order valence-electron chi connectivity index (χ1n) is 12.3. The van der Waals surface area contributed by atoms with Crippen LogP contribution in [0.3, 0.4) is 0 Å². The summed E-state index contributed by atoms with van der Waals surface area (Å²) in [5.41, 5.74) is 11.1. The molecule has 0 aliphatic heterocycles. The summed E-state index contributed by atoms with van der Waals surface area (Å²) in [6, 6.07) is 12.3. The molecule has 0 saturated heterocycles. The number of aromatic nitrogens is 2. The highest BCUT2D eigenvalue weighted by Gasteiger charge is 2.16. The van der Waals surface area contributed by atoms with Crippen LogP contribution in [0.1, 0.15) is 36.5 Å². The van der Waals surface area contributed by atoms with Crippen molar-refractivity contribution < 1.29 is 13.9 Å². The van der Waals surface area contributed by atoms with Crippen LogP contribution in [-0.2, 0) is 22.6 Å². The minimum absolute atomic E-state index is 0.109. The van der Waals surface area contributed by atoms with Crippen LogP contribution in [0.4, 0.5) is 27.3 Å². The third-order valence-corrected chi connectivity index (χ3v) is 5.49. The van der Waals surface area contributed by atoms with Crippen LogP contribution < -0.4 is 27.0 Å². The van der Waals surface area contributed by atoms with Gasteiger partial charge in [0.25, 0.3) is 0 Å². The molecule has 0 aliphatic rings. The van der Waals surface area contributed by atoms with Crippen LogP contribution in [0.5, 0.6) is 0 Å². The number of carbonyl (C=O) groups is 1. The molecule has 0 radical (unpaired) electrons. The number of nitrogens with zero attached hydrogens (tertiary/aromatic N) is 2. The van der Waals surface area contributed by atoms with Gasteiger partial charge in [0.15, 0.2) is 5.82 Å². The molecule has 1 heterocycles. The molecule has 10 heteroatoms. The predicted octanol–water partition coefficient (Wildman–Crippen LogP) is 4.53. The lowest BCUT2D eigenvalue weighted by Crippen LogP contribution is -2.32. The summed E-state index contributed by atoms with van der Waals surface area (Å²) in [5.74, 6) is 0.307. The van der Waals surface area contributed by atoms with Gasteiger partial charge in [0.1, 0.15) is 5.82 Å². The van der Waals surface area contributed by atoms with Gasteiger partial charge < -0.3 is 31.7 Å². The van der Waals surface area contributed by atoms with Crippen LogP contribution in [0, 0.1) is 5.82 Å². The van der Waals surface area contributed by atoms with Crippen LogP contribution in [0.15, 0.2) is 61.8 Å². The first kappa shape index (κ1) is 30.2. The van der Waals surface area contributed by atoms with E-state index >= 15 is 0 Å². The third-order valence-electron chi connectivity index (χ3n) is 5.49. The van der Waals surface area contributed by atoms with Crippen molar-refractivity contribution in [1.82, 2.24) is 15.5 Å². The molecule has 3 rings (SSSR count). The highest BCUT2D eigenvalue weighted by Crippen LogP contribution is 2.32. The number of amides is 1. The highest BCUT2D eigenvalue weighted by atomic mass is 19.1. The molecule has 0 unspecified atom stereocenters. The summed E-state index contributed by atoms with van der Waals surface area (Å²) < 4.78 is 18.4. The number of halogens is 1.